The number of amides is 1. The number of halogens is 3. The number of benzene rings is 2. The molecule has 2 N–H and O–H groups in total. The fraction of sp³-hybridized carbons (Fsp3) is 0.250. The SMILES string of the molecule is Cc1ccc(OCCCC(=O)Nc2ccc3[nH]c(C(F)(F)F)cc3c2)cc1. The molecule has 0 saturated carbocycles. The van der Waals surface area contributed by atoms with Gasteiger partial charge in [-0.2, -0.15) is 13.2 Å². The molecule has 1 amide bonds. The molecule has 3 aromatic rings. The van der Waals surface area contributed by atoms with Crippen molar-refractivity contribution < 1.29 is 22.7 Å². The molecule has 0 aliphatic carbocycles. The summed E-state index contributed by atoms with van der Waals surface area (Å²) in [5.41, 5.74) is 1.16. The number of nitrogens with one attached hydrogen (secondary N) is 2. The molecule has 142 valence electrons. The van der Waals surface area contributed by atoms with E-state index in [-0.39, 0.29) is 12.3 Å². The minimum Gasteiger partial charge on any atom is -0.494 e. The zero-order chi connectivity index (χ0) is 19.4. The van der Waals surface area contributed by atoms with Gasteiger partial charge in [0.05, 0.1) is 6.61 Å². The van der Waals surface area contributed by atoms with Crippen molar-refractivity contribution in [1.82, 2.24) is 4.98 Å². The molecule has 0 spiro atoms. The Morgan fingerprint density at radius 3 is 2.56 bits per heavy atom. The number of aryl methyl sites for hydroxylation is 1. The smallest absolute Gasteiger partial charge is 0.431 e. The molecule has 27 heavy (non-hydrogen) atoms. The molecule has 0 aliphatic rings. The largest absolute Gasteiger partial charge is 0.494 e. The Bertz CT molecular complexity index is 931. The number of alkyl halides is 3. The summed E-state index contributed by atoms with van der Waals surface area (Å²) in [4.78, 5) is 14.3. The lowest BCUT2D eigenvalue weighted by Crippen LogP contribution is -2.12. The van der Waals surface area contributed by atoms with Gasteiger partial charge in [0.15, 0.2) is 0 Å². The lowest BCUT2D eigenvalue weighted by Gasteiger charge is -2.07. The minimum atomic E-state index is -4.43. The maximum absolute atomic E-state index is 12.7. The molecule has 1 aromatic heterocycles. The fourth-order valence-corrected chi connectivity index (χ4v) is 2.64. The van der Waals surface area contributed by atoms with Crippen molar-refractivity contribution in [1.29, 1.82) is 0 Å². The third kappa shape index (κ3) is 5.03. The standard InChI is InChI=1S/C20H19F3N2O2/c1-13-4-7-16(8-5-13)27-10-2-3-19(26)24-15-6-9-17-14(11-15)12-18(25-17)20(21,22)23/h4-9,11-12,25H,2-3,10H2,1H3,(H,24,26). The summed E-state index contributed by atoms with van der Waals surface area (Å²) in [5, 5.41) is 3.09. The minimum absolute atomic E-state index is 0.214. The van der Waals surface area contributed by atoms with Crippen LogP contribution in [0.1, 0.15) is 24.1 Å². The van der Waals surface area contributed by atoms with E-state index in [1.54, 1.807) is 6.07 Å². The number of hydrogen-bond donors (Lipinski definition) is 2. The summed E-state index contributed by atoms with van der Waals surface area (Å²) < 4.78 is 43.8. The van der Waals surface area contributed by atoms with E-state index in [0.29, 0.717) is 29.6 Å². The predicted molar refractivity (Wildman–Crippen MR) is 97.8 cm³/mol. The molecular weight excluding hydrogens is 357 g/mol. The molecule has 0 atom stereocenters. The van der Waals surface area contributed by atoms with Crippen molar-refractivity contribution in [2.24, 2.45) is 0 Å². The Morgan fingerprint density at radius 2 is 1.85 bits per heavy atom. The highest BCUT2D eigenvalue weighted by molar-refractivity contribution is 5.94. The lowest BCUT2D eigenvalue weighted by atomic mass is 10.2. The van der Waals surface area contributed by atoms with Gasteiger partial charge < -0.3 is 15.0 Å². The molecule has 0 saturated heterocycles. The first-order chi connectivity index (χ1) is 12.8. The van der Waals surface area contributed by atoms with Gasteiger partial charge >= 0.3 is 6.18 Å². The highest BCUT2D eigenvalue weighted by Crippen LogP contribution is 2.31. The van der Waals surface area contributed by atoms with E-state index in [2.05, 4.69) is 10.3 Å². The maximum Gasteiger partial charge on any atom is 0.431 e. The van der Waals surface area contributed by atoms with Crippen molar-refractivity contribution in [3.63, 3.8) is 0 Å². The quantitative estimate of drug-likeness (QED) is 0.574. The first-order valence-corrected chi connectivity index (χ1v) is 8.50. The first kappa shape index (κ1) is 18.8. The number of fused-ring (bicyclic) bond motifs is 1. The Kier molecular flexibility index (Phi) is 5.39. The molecule has 3 rings (SSSR count). The van der Waals surface area contributed by atoms with Crippen LogP contribution >= 0.6 is 0 Å². The van der Waals surface area contributed by atoms with E-state index >= 15 is 0 Å². The van der Waals surface area contributed by atoms with Gasteiger partial charge in [-0.3, -0.25) is 4.79 Å². The third-order valence-corrected chi connectivity index (χ3v) is 4.05. The molecule has 1 heterocycles. The number of aromatic amines is 1. The summed E-state index contributed by atoms with van der Waals surface area (Å²) in [6.07, 6.45) is -3.64. The van der Waals surface area contributed by atoms with E-state index in [9.17, 15) is 18.0 Å². The Morgan fingerprint density at radius 1 is 1.11 bits per heavy atom. The number of H-pyrrole nitrogens is 1. The number of hydrogen-bond acceptors (Lipinski definition) is 2. The van der Waals surface area contributed by atoms with E-state index in [4.69, 9.17) is 4.74 Å². The third-order valence-electron chi connectivity index (χ3n) is 4.05. The fourth-order valence-electron chi connectivity index (χ4n) is 2.64. The van der Waals surface area contributed by atoms with Crippen molar-refractivity contribution in [2.75, 3.05) is 11.9 Å². The molecule has 0 fully saturated rings. The molecule has 2 aromatic carbocycles. The van der Waals surface area contributed by atoms with Crippen LogP contribution in [0.25, 0.3) is 10.9 Å². The average Bonchev–Trinajstić information content (AvgIpc) is 3.04. The molecule has 4 nitrogen and oxygen atoms in total. The van der Waals surface area contributed by atoms with Crippen molar-refractivity contribution >= 4 is 22.5 Å². The van der Waals surface area contributed by atoms with Crippen LogP contribution < -0.4 is 10.1 Å². The normalized spacial score (nSPS) is 11.6. The number of carbonyl (C=O) groups is 1. The lowest BCUT2D eigenvalue weighted by molar-refractivity contribution is -0.140. The predicted octanol–water partition coefficient (Wildman–Crippen LogP) is 5.29. The monoisotopic (exact) mass is 376 g/mol. The van der Waals surface area contributed by atoms with E-state index < -0.39 is 11.9 Å². The maximum atomic E-state index is 12.7. The van der Waals surface area contributed by atoms with Gasteiger partial charge in [-0.1, -0.05) is 17.7 Å². The Balaban J connectivity index is 1.50. The summed E-state index contributed by atoms with van der Waals surface area (Å²) in [6.45, 7) is 2.39. The second-order valence-electron chi connectivity index (χ2n) is 6.30. The number of aromatic nitrogens is 1. The van der Waals surface area contributed by atoms with Crippen LogP contribution in [0.2, 0.25) is 0 Å². The van der Waals surface area contributed by atoms with Crippen LogP contribution in [-0.2, 0) is 11.0 Å². The van der Waals surface area contributed by atoms with E-state index in [1.807, 2.05) is 31.2 Å². The number of anilines is 1. The van der Waals surface area contributed by atoms with Crippen molar-refractivity contribution in [3.8, 4) is 5.75 Å². The van der Waals surface area contributed by atoms with Crippen molar-refractivity contribution in [2.45, 2.75) is 25.9 Å². The first-order valence-electron chi connectivity index (χ1n) is 8.50. The molecular formula is C20H19F3N2O2. The van der Waals surface area contributed by atoms with Gasteiger partial charge in [-0.15, -0.1) is 0 Å². The van der Waals surface area contributed by atoms with Gasteiger partial charge in [0.2, 0.25) is 5.91 Å². The second kappa shape index (κ2) is 7.73. The van der Waals surface area contributed by atoms with Crippen molar-refractivity contribution in [3.05, 3.63) is 59.8 Å². The topological polar surface area (TPSA) is 54.1 Å². The van der Waals surface area contributed by atoms with Gasteiger partial charge in [0, 0.05) is 23.0 Å². The second-order valence-corrected chi connectivity index (χ2v) is 6.30. The van der Waals surface area contributed by atoms with E-state index in [0.717, 1.165) is 17.4 Å². The molecule has 0 aliphatic heterocycles. The summed E-state index contributed by atoms with van der Waals surface area (Å²) in [7, 11) is 0. The number of rotatable bonds is 6. The van der Waals surface area contributed by atoms with Crippen LogP contribution in [0, 0.1) is 6.92 Å². The number of ether oxygens (including phenoxy) is 1. The zero-order valence-electron chi connectivity index (χ0n) is 14.7. The van der Waals surface area contributed by atoms with Gasteiger partial charge in [0.25, 0.3) is 0 Å². The van der Waals surface area contributed by atoms with Crippen LogP contribution in [-0.4, -0.2) is 17.5 Å². The molecule has 0 unspecified atom stereocenters. The van der Waals surface area contributed by atoms with Gasteiger partial charge in [0.1, 0.15) is 11.4 Å². The highest BCUT2D eigenvalue weighted by Gasteiger charge is 2.32. The van der Waals surface area contributed by atoms with Gasteiger partial charge in [-0.05, 0) is 49.7 Å². The van der Waals surface area contributed by atoms with Crippen LogP contribution in [0.4, 0.5) is 18.9 Å². The zero-order valence-corrected chi connectivity index (χ0v) is 14.7. The Labute approximate surface area is 154 Å². The summed E-state index contributed by atoms with van der Waals surface area (Å²) >= 11 is 0. The highest BCUT2D eigenvalue weighted by atomic mass is 19.4. The summed E-state index contributed by atoms with van der Waals surface area (Å²) in [5.74, 6) is 0.535. The molecule has 0 radical (unpaired) electrons. The molecule has 7 heteroatoms. The number of carbonyl (C=O) groups excluding carboxylic acids is 1. The van der Waals surface area contributed by atoms with Crippen LogP contribution in [0.5, 0.6) is 5.75 Å². The average molecular weight is 376 g/mol. The van der Waals surface area contributed by atoms with Crippen LogP contribution in [0.3, 0.4) is 0 Å². The molecule has 0 bridgehead atoms. The van der Waals surface area contributed by atoms with Crippen LogP contribution in [0.15, 0.2) is 48.5 Å². The Hall–Kier alpha value is -2.96. The van der Waals surface area contributed by atoms with Gasteiger partial charge in [-0.25, -0.2) is 0 Å². The summed E-state index contributed by atoms with van der Waals surface area (Å²) in [6, 6.07) is 13.3. The van der Waals surface area contributed by atoms with E-state index in [1.165, 1.54) is 12.1 Å².